The molecule has 0 saturated heterocycles. The van der Waals surface area contributed by atoms with E-state index < -0.39 is 10.0 Å². The second-order valence-corrected chi connectivity index (χ2v) is 6.99. The Bertz CT molecular complexity index is 382. The van der Waals surface area contributed by atoms with E-state index in [0.29, 0.717) is 19.6 Å². The zero-order valence-corrected chi connectivity index (χ0v) is 14.8. The van der Waals surface area contributed by atoms with Crippen LogP contribution >= 0.6 is 0 Å². The first-order chi connectivity index (χ1) is 9.95. The van der Waals surface area contributed by atoms with Crippen molar-refractivity contribution in [3.8, 4) is 0 Å². The Hall–Kier alpha value is -0.820. The molecule has 0 aromatic heterocycles. The highest BCUT2D eigenvalue weighted by Gasteiger charge is 2.12. The maximum atomic E-state index is 11.5. The van der Waals surface area contributed by atoms with Gasteiger partial charge in [0, 0.05) is 32.7 Å². The molecule has 0 aliphatic rings. The minimum atomic E-state index is -3.09. The van der Waals surface area contributed by atoms with Gasteiger partial charge in [-0.25, -0.2) is 12.7 Å². The highest BCUT2D eigenvalue weighted by Crippen LogP contribution is 1.99. The van der Waals surface area contributed by atoms with Crippen molar-refractivity contribution in [2.45, 2.75) is 46.5 Å². The van der Waals surface area contributed by atoms with E-state index in [0.717, 1.165) is 31.9 Å². The van der Waals surface area contributed by atoms with E-state index >= 15 is 0 Å². The lowest BCUT2D eigenvalue weighted by atomic mass is 10.2. The Balaban J connectivity index is 4.13. The van der Waals surface area contributed by atoms with Gasteiger partial charge in [0.1, 0.15) is 0 Å². The number of aliphatic imine (C=N–C) groups is 1. The molecular weight excluding hydrogens is 288 g/mol. The second-order valence-electron chi connectivity index (χ2n) is 5.00. The molecule has 0 rings (SSSR count). The van der Waals surface area contributed by atoms with Gasteiger partial charge in [-0.15, -0.1) is 0 Å². The molecule has 0 spiro atoms. The number of hydrogen-bond acceptors (Lipinski definition) is 3. The lowest BCUT2D eigenvalue weighted by Crippen LogP contribution is -2.38. The van der Waals surface area contributed by atoms with Crippen LogP contribution in [0.1, 0.15) is 46.5 Å². The number of rotatable bonds is 11. The fraction of sp³-hybridized carbons (Fsp3) is 0.929. The predicted molar refractivity (Wildman–Crippen MR) is 90.2 cm³/mol. The van der Waals surface area contributed by atoms with Crippen molar-refractivity contribution in [2.24, 2.45) is 4.99 Å². The first-order valence-corrected chi connectivity index (χ1v) is 9.77. The summed E-state index contributed by atoms with van der Waals surface area (Å²) < 4.78 is 24.4. The van der Waals surface area contributed by atoms with Crippen LogP contribution in [0.2, 0.25) is 0 Å². The zero-order chi connectivity index (χ0) is 16.1. The lowest BCUT2D eigenvalue weighted by molar-refractivity contribution is 0.427. The standard InChI is InChI=1S/C14H32N4O2S/c1-5-8-9-11-16-14(15-6-2)17-12-10-13-18(7-3)21(4,19)20/h5-13H2,1-4H3,(H2,15,16,17). The van der Waals surface area contributed by atoms with Crippen molar-refractivity contribution in [1.82, 2.24) is 14.9 Å². The average molecular weight is 321 g/mol. The van der Waals surface area contributed by atoms with Gasteiger partial charge in [-0.2, -0.15) is 0 Å². The maximum absolute atomic E-state index is 11.5. The Kier molecular flexibility index (Phi) is 11.3. The second kappa shape index (κ2) is 11.8. The van der Waals surface area contributed by atoms with Crippen molar-refractivity contribution in [3.05, 3.63) is 0 Å². The molecule has 0 unspecified atom stereocenters. The molecule has 0 aliphatic heterocycles. The largest absolute Gasteiger partial charge is 0.357 e. The number of guanidine groups is 1. The molecule has 21 heavy (non-hydrogen) atoms. The summed E-state index contributed by atoms with van der Waals surface area (Å²) in [6.07, 6.45) is 5.53. The van der Waals surface area contributed by atoms with Gasteiger partial charge in [-0.1, -0.05) is 26.7 Å². The zero-order valence-electron chi connectivity index (χ0n) is 14.0. The molecule has 0 bridgehead atoms. The fourth-order valence-corrected chi connectivity index (χ4v) is 2.85. The number of nitrogens with one attached hydrogen (secondary N) is 2. The quantitative estimate of drug-likeness (QED) is 0.343. The summed E-state index contributed by atoms with van der Waals surface area (Å²) >= 11 is 0. The summed E-state index contributed by atoms with van der Waals surface area (Å²) in [5.41, 5.74) is 0. The summed E-state index contributed by atoms with van der Waals surface area (Å²) in [4.78, 5) is 4.47. The van der Waals surface area contributed by atoms with Crippen molar-refractivity contribution in [1.29, 1.82) is 0 Å². The fourth-order valence-electron chi connectivity index (χ4n) is 1.92. The summed E-state index contributed by atoms with van der Waals surface area (Å²) in [6.45, 7) is 9.46. The highest BCUT2D eigenvalue weighted by molar-refractivity contribution is 7.88. The molecule has 0 fully saturated rings. The van der Waals surface area contributed by atoms with Gasteiger partial charge in [0.2, 0.25) is 10.0 Å². The van der Waals surface area contributed by atoms with Gasteiger partial charge in [0.05, 0.1) is 6.26 Å². The molecule has 0 saturated carbocycles. The number of hydrogen-bond donors (Lipinski definition) is 2. The van der Waals surface area contributed by atoms with Crippen LogP contribution in [-0.2, 0) is 10.0 Å². The Labute approximate surface area is 130 Å². The predicted octanol–water partition coefficient (Wildman–Crippen LogP) is 1.40. The molecule has 6 nitrogen and oxygen atoms in total. The number of nitrogens with zero attached hydrogens (tertiary/aromatic N) is 2. The minimum Gasteiger partial charge on any atom is -0.357 e. The molecule has 0 radical (unpaired) electrons. The van der Waals surface area contributed by atoms with E-state index in [4.69, 9.17) is 0 Å². The van der Waals surface area contributed by atoms with Gasteiger partial charge in [-0.3, -0.25) is 4.99 Å². The van der Waals surface area contributed by atoms with Crippen molar-refractivity contribution >= 4 is 16.0 Å². The van der Waals surface area contributed by atoms with Gasteiger partial charge in [0.15, 0.2) is 5.96 Å². The van der Waals surface area contributed by atoms with Crippen LogP contribution in [0.5, 0.6) is 0 Å². The topological polar surface area (TPSA) is 73.8 Å². The molecule has 0 aliphatic carbocycles. The van der Waals surface area contributed by atoms with Gasteiger partial charge >= 0.3 is 0 Å². The van der Waals surface area contributed by atoms with Crippen LogP contribution in [0.15, 0.2) is 4.99 Å². The minimum absolute atomic E-state index is 0.512. The third kappa shape index (κ3) is 10.5. The van der Waals surface area contributed by atoms with E-state index in [1.165, 1.54) is 23.4 Å². The van der Waals surface area contributed by atoms with Crippen LogP contribution in [-0.4, -0.2) is 57.7 Å². The maximum Gasteiger partial charge on any atom is 0.211 e. The van der Waals surface area contributed by atoms with Crippen LogP contribution in [0.4, 0.5) is 0 Å². The van der Waals surface area contributed by atoms with Crippen LogP contribution in [0.25, 0.3) is 0 Å². The molecule has 0 heterocycles. The average Bonchev–Trinajstić information content (AvgIpc) is 2.41. The third-order valence-corrected chi connectivity index (χ3v) is 4.45. The van der Waals surface area contributed by atoms with Crippen molar-refractivity contribution in [2.75, 3.05) is 39.0 Å². The molecular formula is C14H32N4O2S. The van der Waals surface area contributed by atoms with Crippen LogP contribution in [0.3, 0.4) is 0 Å². The Morgan fingerprint density at radius 2 is 1.81 bits per heavy atom. The monoisotopic (exact) mass is 320 g/mol. The molecule has 2 N–H and O–H groups in total. The van der Waals surface area contributed by atoms with E-state index in [-0.39, 0.29) is 0 Å². The van der Waals surface area contributed by atoms with Crippen LogP contribution < -0.4 is 10.6 Å². The van der Waals surface area contributed by atoms with Crippen molar-refractivity contribution in [3.63, 3.8) is 0 Å². The summed E-state index contributed by atoms with van der Waals surface area (Å²) in [5.74, 6) is 0.816. The van der Waals surface area contributed by atoms with Gasteiger partial charge in [0.25, 0.3) is 0 Å². The molecule has 0 amide bonds. The van der Waals surface area contributed by atoms with E-state index in [2.05, 4.69) is 22.5 Å². The molecule has 126 valence electrons. The molecule has 7 heteroatoms. The number of sulfonamides is 1. The first kappa shape index (κ1) is 20.2. The Morgan fingerprint density at radius 1 is 1.10 bits per heavy atom. The smallest absolute Gasteiger partial charge is 0.211 e. The third-order valence-electron chi connectivity index (χ3n) is 3.07. The molecule has 0 aromatic carbocycles. The van der Waals surface area contributed by atoms with Gasteiger partial charge in [-0.05, 0) is 19.8 Å². The van der Waals surface area contributed by atoms with Crippen LogP contribution in [0, 0.1) is 0 Å². The molecule has 0 atom stereocenters. The highest BCUT2D eigenvalue weighted by atomic mass is 32.2. The summed E-state index contributed by atoms with van der Waals surface area (Å²) in [7, 11) is -3.09. The summed E-state index contributed by atoms with van der Waals surface area (Å²) in [6, 6.07) is 0. The Morgan fingerprint density at radius 3 is 2.33 bits per heavy atom. The van der Waals surface area contributed by atoms with E-state index in [1.807, 2.05) is 13.8 Å². The van der Waals surface area contributed by atoms with E-state index in [1.54, 1.807) is 0 Å². The lowest BCUT2D eigenvalue weighted by Gasteiger charge is -2.17. The number of unbranched alkanes of at least 4 members (excludes halogenated alkanes) is 2. The van der Waals surface area contributed by atoms with Crippen molar-refractivity contribution < 1.29 is 8.42 Å². The first-order valence-electron chi connectivity index (χ1n) is 7.92. The van der Waals surface area contributed by atoms with Gasteiger partial charge < -0.3 is 10.6 Å². The normalized spacial score (nSPS) is 12.7. The van der Waals surface area contributed by atoms with E-state index in [9.17, 15) is 8.42 Å². The SMILES string of the molecule is CCCCCNC(=NCCCN(CC)S(C)(=O)=O)NCC. The molecule has 0 aromatic rings. The summed E-state index contributed by atoms with van der Waals surface area (Å²) in [5, 5.41) is 6.49.